The number of nitrogens with zero attached hydrogens (tertiary/aromatic N) is 2. The summed E-state index contributed by atoms with van der Waals surface area (Å²) in [5.41, 5.74) is 0.445. The highest BCUT2D eigenvalue weighted by atomic mass is 35.5. The first-order chi connectivity index (χ1) is 16.8. The molecule has 2 aliphatic rings. The Morgan fingerprint density at radius 1 is 1.31 bits per heavy atom. The predicted octanol–water partition coefficient (Wildman–Crippen LogP) is 3.51. The average molecular weight is 521 g/mol. The van der Waals surface area contributed by atoms with Gasteiger partial charge < -0.3 is 25.3 Å². The van der Waals surface area contributed by atoms with Crippen LogP contribution in [0.2, 0.25) is 5.02 Å². The Kier molecular flexibility index (Phi) is 8.24. The number of carbonyl (C=O) groups is 1. The van der Waals surface area contributed by atoms with Crippen molar-refractivity contribution in [3.8, 4) is 5.75 Å². The van der Waals surface area contributed by atoms with E-state index in [0.717, 1.165) is 44.1 Å². The van der Waals surface area contributed by atoms with Crippen LogP contribution in [-0.4, -0.2) is 72.8 Å². The Hall–Kier alpha value is -2.70. The fourth-order valence-corrected chi connectivity index (χ4v) is 4.53. The molecular formula is C23H29ClN6O4S. The van der Waals surface area contributed by atoms with E-state index >= 15 is 0 Å². The molecule has 2 amide bonds. The molecular weight excluding hydrogens is 492 g/mol. The highest BCUT2D eigenvalue weighted by Crippen LogP contribution is 2.30. The molecule has 10 nitrogen and oxygen atoms in total. The Labute approximate surface area is 212 Å². The van der Waals surface area contributed by atoms with Gasteiger partial charge >= 0.3 is 6.03 Å². The molecule has 3 heterocycles. The summed E-state index contributed by atoms with van der Waals surface area (Å²) in [6.45, 7) is 7.13. The summed E-state index contributed by atoms with van der Waals surface area (Å²) >= 11 is 7.44. The van der Waals surface area contributed by atoms with Crippen molar-refractivity contribution in [1.29, 1.82) is 5.41 Å². The van der Waals surface area contributed by atoms with Crippen LogP contribution >= 0.6 is 22.9 Å². The number of amides is 2. The first-order valence-electron chi connectivity index (χ1n) is 11.3. The highest BCUT2D eigenvalue weighted by Gasteiger charge is 2.37. The molecule has 0 spiro atoms. The van der Waals surface area contributed by atoms with E-state index in [1.165, 1.54) is 23.5 Å². The summed E-state index contributed by atoms with van der Waals surface area (Å²) in [7, 11) is 0. The minimum absolute atomic E-state index is 0.0477. The standard InChI is InChI=1S/C23H29ClN6O4S/c1-23(13-34-14-23)19(25)11-20(27-15-2-3-18(31)17(24)10-15)28-21(32)29-22-26-12-16(35-22)4-5-30-6-8-33-9-7-30/h2-3,10-12,25,27,31H,4-9,13-14H2,1H3,(H2,26,28,29,32)/b20-11+,25-19?. The van der Waals surface area contributed by atoms with E-state index in [-0.39, 0.29) is 16.6 Å². The van der Waals surface area contributed by atoms with E-state index in [2.05, 4.69) is 25.8 Å². The van der Waals surface area contributed by atoms with Gasteiger partial charge in [-0.3, -0.25) is 15.5 Å². The van der Waals surface area contributed by atoms with Crippen molar-refractivity contribution >= 4 is 45.5 Å². The number of urea groups is 1. The molecule has 2 fully saturated rings. The maximum absolute atomic E-state index is 12.7. The van der Waals surface area contributed by atoms with Crippen LogP contribution in [0.5, 0.6) is 5.75 Å². The van der Waals surface area contributed by atoms with Gasteiger partial charge in [-0.25, -0.2) is 9.78 Å². The number of phenolic OH excluding ortho intramolecular Hbond substituents is 1. The van der Waals surface area contributed by atoms with Gasteiger partial charge in [0.05, 0.1) is 36.9 Å². The lowest BCUT2D eigenvalue weighted by Gasteiger charge is -2.37. The fraction of sp³-hybridized carbons (Fsp3) is 0.435. The first kappa shape index (κ1) is 25.4. The van der Waals surface area contributed by atoms with E-state index in [4.69, 9.17) is 26.5 Å². The number of hydrogen-bond acceptors (Lipinski definition) is 9. The smallest absolute Gasteiger partial charge is 0.326 e. The van der Waals surface area contributed by atoms with Crippen LogP contribution in [0.15, 0.2) is 36.3 Å². The third-order valence-corrected chi connectivity index (χ3v) is 7.08. The summed E-state index contributed by atoms with van der Waals surface area (Å²) in [6.07, 6.45) is 4.19. The second-order valence-electron chi connectivity index (χ2n) is 8.73. The quantitative estimate of drug-likeness (QED) is 0.252. The molecule has 188 valence electrons. The van der Waals surface area contributed by atoms with Gasteiger partial charge in [-0.05, 0) is 31.5 Å². The molecule has 0 saturated carbocycles. The number of ether oxygens (including phenoxy) is 2. The lowest BCUT2D eigenvalue weighted by Crippen LogP contribution is -2.46. The number of benzene rings is 1. The minimum Gasteiger partial charge on any atom is -0.506 e. The Balaban J connectivity index is 1.38. The minimum atomic E-state index is -0.495. The number of halogens is 1. The maximum Gasteiger partial charge on any atom is 0.326 e. The molecule has 0 radical (unpaired) electrons. The topological polar surface area (TPSA) is 132 Å². The molecule has 2 saturated heterocycles. The number of rotatable bonds is 9. The lowest BCUT2D eigenvalue weighted by molar-refractivity contribution is -0.0582. The lowest BCUT2D eigenvalue weighted by atomic mass is 9.83. The van der Waals surface area contributed by atoms with Crippen molar-refractivity contribution in [2.75, 3.05) is 56.7 Å². The van der Waals surface area contributed by atoms with E-state index in [1.807, 2.05) is 6.92 Å². The van der Waals surface area contributed by atoms with Crippen LogP contribution in [0, 0.1) is 10.8 Å². The molecule has 2 aromatic rings. The van der Waals surface area contributed by atoms with Crippen LogP contribution in [0.3, 0.4) is 0 Å². The third kappa shape index (κ3) is 6.92. The van der Waals surface area contributed by atoms with Crippen LogP contribution < -0.4 is 16.0 Å². The maximum atomic E-state index is 12.7. The van der Waals surface area contributed by atoms with Gasteiger partial charge in [-0.2, -0.15) is 0 Å². The zero-order valence-electron chi connectivity index (χ0n) is 19.4. The molecule has 12 heteroatoms. The number of aromatic hydroxyl groups is 1. The normalized spacial score (nSPS) is 17.9. The van der Waals surface area contributed by atoms with Crippen molar-refractivity contribution in [3.63, 3.8) is 0 Å². The molecule has 0 bridgehead atoms. The van der Waals surface area contributed by atoms with Crippen LogP contribution in [0.25, 0.3) is 0 Å². The fourth-order valence-electron chi connectivity index (χ4n) is 3.55. The van der Waals surface area contributed by atoms with Crippen LogP contribution in [0.1, 0.15) is 11.8 Å². The van der Waals surface area contributed by atoms with Gasteiger partial charge in [0, 0.05) is 48.2 Å². The highest BCUT2D eigenvalue weighted by molar-refractivity contribution is 7.15. The number of thiazole rings is 1. The summed E-state index contributed by atoms with van der Waals surface area (Å²) < 4.78 is 10.6. The van der Waals surface area contributed by atoms with Crippen molar-refractivity contribution in [2.24, 2.45) is 5.41 Å². The second-order valence-corrected chi connectivity index (χ2v) is 10.3. The molecule has 1 aromatic carbocycles. The van der Waals surface area contributed by atoms with Gasteiger partial charge in [-0.15, -0.1) is 11.3 Å². The summed E-state index contributed by atoms with van der Waals surface area (Å²) in [6, 6.07) is 4.10. The number of aromatic nitrogens is 1. The van der Waals surface area contributed by atoms with Crippen molar-refractivity contribution in [2.45, 2.75) is 13.3 Å². The number of nitrogens with one attached hydrogen (secondary N) is 4. The zero-order chi connectivity index (χ0) is 24.8. The predicted molar refractivity (Wildman–Crippen MR) is 137 cm³/mol. The molecule has 2 aliphatic heterocycles. The van der Waals surface area contributed by atoms with E-state index in [1.54, 1.807) is 18.3 Å². The van der Waals surface area contributed by atoms with Crippen LogP contribution in [-0.2, 0) is 15.9 Å². The van der Waals surface area contributed by atoms with E-state index in [0.29, 0.717) is 29.7 Å². The third-order valence-electron chi connectivity index (χ3n) is 5.81. The summed E-state index contributed by atoms with van der Waals surface area (Å²) in [4.78, 5) is 20.5. The zero-order valence-corrected chi connectivity index (χ0v) is 21.0. The van der Waals surface area contributed by atoms with Crippen molar-refractivity contribution < 1.29 is 19.4 Å². The van der Waals surface area contributed by atoms with Gasteiger partial charge in [-0.1, -0.05) is 11.6 Å². The van der Waals surface area contributed by atoms with E-state index in [9.17, 15) is 9.90 Å². The average Bonchev–Trinajstić information content (AvgIpc) is 3.26. The molecule has 0 atom stereocenters. The number of carbonyl (C=O) groups excluding carboxylic acids is 1. The largest absolute Gasteiger partial charge is 0.506 e. The number of hydrogen-bond donors (Lipinski definition) is 5. The Morgan fingerprint density at radius 2 is 2.09 bits per heavy atom. The van der Waals surface area contributed by atoms with Crippen LogP contribution in [0.4, 0.5) is 15.6 Å². The number of phenols is 1. The molecule has 35 heavy (non-hydrogen) atoms. The molecule has 0 aliphatic carbocycles. The van der Waals surface area contributed by atoms with E-state index < -0.39 is 11.4 Å². The van der Waals surface area contributed by atoms with Gasteiger partial charge in [0.1, 0.15) is 11.6 Å². The SMILES string of the molecule is CC1(C(=N)/C=C(/NC(=O)Nc2ncc(CCN3CCOCC3)s2)Nc2ccc(O)c(Cl)c2)COC1. The molecule has 1 aromatic heterocycles. The van der Waals surface area contributed by atoms with Crippen molar-refractivity contribution in [3.05, 3.63) is 46.2 Å². The second kappa shape index (κ2) is 11.4. The Bertz CT molecular complexity index is 1100. The van der Waals surface area contributed by atoms with Crippen molar-refractivity contribution in [1.82, 2.24) is 15.2 Å². The summed E-state index contributed by atoms with van der Waals surface area (Å²) in [5, 5.41) is 27.4. The monoisotopic (exact) mass is 520 g/mol. The van der Waals surface area contributed by atoms with Gasteiger partial charge in [0.2, 0.25) is 0 Å². The molecule has 0 unspecified atom stereocenters. The van der Waals surface area contributed by atoms with Gasteiger partial charge in [0.15, 0.2) is 5.13 Å². The number of allylic oxidation sites excluding steroid dienone is 1. The first-order valence-corrected chi connectivity index (χ1v) is 12.5. The molecule has 4 rings (SSSR count). The van der Waals surface area contributed by atoms with Gasteiger partial charge in [0.25, 0.3) is 0 Å². The molecule has 5 N–H and O–H groups in total. The summed E-state index contributed by atoms with van der Waals surface area (Å²) in [5.74, 6) is 0.236. The number of morpholine rings is 1. The Morgan fingerprint density at radius 3 is 2.77 bits per heavy atom. The number of anilines is 2.